The first kappa shape index (κ1) is 21.0. The summed E-state index contributed by atoms with van der Waals surface area (Å²) in [5.74, 6) is -1.51. The minimum Gasteiger partial charge on any atom is -0.459 e. The van der Waals surface area contributed by atoms with E-state index in [2.05, 4.69) is 16.0 Å². The monoisotopic (exact) mass is 397 g/mol. The van der Waals surface area contributed by atoms with E-state index in [0.717, 1.165) is 12.1 Å². The van der Waals surface area contributed by atoms with Gasteiger partial charge in [0.2, 0.25) is 11.8 Å². The summed E-state index contributed by atoms with van der Waals surface area (Å²) in [7, 11) is 0. The van der Waals surface area contributed by atoms with Crippen LogP contribution in [0, 0.1) is 0 Å². The van der Waals surface area contributed by atoms with Gasteiger partial charge in [-0.25, -0.2) is 0 Å². The standard InChI is InChI=1S/C18H18F3N3O4/c19-18(20,21)13-5-3-12(4-6-13)7-8-22-15(25)10-23-16(26)11-24-17(27)14-2-1-9-28-14/h1-6,9H,7-8,10-11H2,(H,22,25)(H,23,26)(H,24,27). The molecule has 7 nitrogen and oxygen atoms in total. The number of nitrogens with one attached hydrogen (secondary N) is 3. The second-order valence-corrected chi connectivity index (χ2v) is 5.73. The number of carbonyl (C=O) groups is 3. The maximum Gasteiger partial charge on any atom is 0.416 e. The number of hydrogen-bond donors (Lipinski definition) is 3. The first-order valence-electron chi connectivity index (χ1n) is 8.27. The smallest absolute Gasteiger partial charge is 0.416 e. The molecule has 0 spiro atoms. The van der Waals surface area contributed by atoms with Gasteiger partial charge in [-0.1, -0.05) is 12.1 Å². The Kier molecular flexibility index (Phi) is 7.19. The molecule has 2 aromatic rings. The van der Waals surface area contributed by atoms with Gasteiger partial charge in [0, 0.05) is 6.54 Å². The van der Waals surface area contributed by atoms with E-state index in [4.69, 9.17) is 4.42 Å². The number of carbonyl (C=O) groups excluding carboxylic acids is 3. The Hall–Kier alpha value is -3.30. The summed E-state index contributed by atoms with van der Waals surface area (Å²) in [6.45, 7) is -0.407. The highest BCUT2D eigenvalue weighted by Gasteiger charge is 2.29. The highest BCUT2D eigenvalue weighted by molar-refractivity contribution is 5.94. The van der Waals surface area contributed by atoms with E-state index < -0.39 is 29.5 Å². The van der Waals surface area contributed by atoms with Gasteiger partial charge in [-0.3, -0.25) is 14.4 Å². The zero-order valence-corrected chi connectivity index (χ0v) is 14.6. The zero-order valence-electron chi connectivity index (χ0n) is 14.6. The lowest BCUT2D eigenvalue weighted by atomic mass is 10.1. The van der Waals surface area contributed by atoms with E-state index >= 15 is 0 Å². The molecule has 0 saturated heterocycles. The minimum absolute atomic E-state index is 0.0637. The summed E-state index contributed by atoms with van der Waals surface area (Å²) < 4.78 is 42.3. The summed E-state index contributed by atoms with van der Waals surface area (Å²) >= 11 is 0. The number of halogens is 3. The Morgan fingerprint density at radius 3 is 2.14 bits per heavy atom. The second kappa shape index (κ2) is 9.58. The molecule has 0 unspecified atom stereocenters. The van der Waals surface area contributed by atoms with Crippen LogP contribution in [0.2, 0.25) is 0 Å². The molecule has 0 radical (unpaired) electrons. The van der Waals surface area contributed by atoms with Crippen LogP contribution in [0.4, 0.5) is 13.2 Å². The molecule has 0 fully saturated rings. The SMILES string of the molecule is O=C(CNC(=O)CNC(=O)c1ccco1)NCCc1ccc(C(F)(F)F)cc1. The van der Waals surface area contributed by atoms with Gasteiger partial charge in [0.1, 0.15) is 0 Å². The number of alkyl halides is 3. The molecule has 0 aliphatic heterocycles. The third-order valence-corrected chi connectivity index (χ3v) is 3.62. The van der Waals surface area contributed by atoms with Gasteiger partial charge in [-0.05, 0) is 36.2 Å². The molecule has 0 atom stereocenters. The number of amides is 3. The zero-order chi connectivity index (χ0) is 20.6. The molecule has 3 N–H and O–H groups in total. The van der Waals surface area contributed by atoms with Gasteiger partial charge in [-0.2, -0.15) is 13.2 Å². The Morgan fingerprint density at radius 2 is 1.54 bits per heavy atom. The Morgan fingerprint density at radius 1 is 0.893 bits per heavy atom. The Bertz CT molecular complexity index is 802. The normalized spacial score (nSPS) is 11.0. The van der Waals surface area contributed by atoms with Crippen LogP contribution in [-0.4, -0.2) is 37.4 Å². The predicted octanol–water partition coefficient (Wildman–Crippen LogP) is 1.50. The molecule has 0 aliphatic rings. The van der Waals surface area contributed by atoms with Crippen LogP contribution >= 0.6 is 0 Å². The molecule has 150 valence electrons. The van der Waals surface area contributed by atoms with Gasteiger partial charge < -0.3 is 20.4 Å². The molecule has 2 rings (SSSR count). The first-order chi connectivity index (χ1) is 13.3. The van der Waals surface area contributed by atoms with E-state index in [-0.39, 0.29) is 25.4 Å². The van der Waals surface area contributed by atoms with E-state index in [9.17, 15) is 27.6 Å². The number of benzene rings is 1. The number of furan rings is 1. The average Bonchev–Trinajstić information content (AvgIpc) is 3.19. The van der Waals surface area contributed by atoms with Crippen molar-refractivity contribution < 1.29 is 32.0 Å². The van der Waals surface area contributed by atoms with E-state index in [0.29, 0.717) is 12.0 Å². The highest BCUT2D eigenvalue weighted by atomic mass is 19.4. The van der Waals surface area contributed by atoms with Crippen LogP contribution in [0.5, 0.6) is 0 Å². The summed E-state index contributed by atoms with van der Waals surface area (Å²) in [6, 6.07) is 7.63. The van der Waals surface area contributed by atoms with E-state index in [1.807, 2.05) is 0 Å². The Labute approximate surface area is 158 Å². The number of hydrogen-bond acceptors (Lipinski definition) is 4. The molecule has 1 heterocycles. The fourth-order valence-corrected chi connectivity index (χ4v) is 2.17. The van der Waals surface area contributed by atoms with Crippen LogP contribution in [0.3, 0.4) is 0 Å². The average molecular weight is 397 g/mol. The summed E-state index contributed by atoms with van der Waals surface area (Å²) in [5.41, 5.74) is -0.0971. The van der Waals surface area contributed by atoms with Gasteiger partial charge in [0.25, 0.3) is 5.91 Å². The fraction of sp³-hybridized carbons (Fsp3) is 0.278. The van der Waals surface area contributed by atoms with Crippen molar-refractivity contribution in [3.63, 3.8) is 0 Å². The van der Waals surface area contributed by atoms with Crippen molar-refractivity contribution in [3.8, 4) is 0 Å². The predicted molar refractivity (Wildman–Crippen MR) is 92.2 cm³/mol. The molecule has 1 aromatic heterocycles. The molecule has 1 aromatic carbocycles. The topological polar surface area (TPSA) is 100 Å². The molecule has 0 saturated carbocycles. The van der Waals surface area contributed by atoms with Crippen LogP contribution in [-0.2, 0) is 22.2 Å². The van der Waals surface area contributed by atoms with Gasteiger partial charge >= 0.3 is 6.18 Å². The van der Waals surface area contributed by atoms with Crippen molar-refractivity contribution in [1.82, 2.24) is 16.0 Å². The van der Waals surface area contributed by atoms with Gasteiger partial charge in [0.15, 0.2) is 5.76 Å². The van der Waals surface area contributed by atoms with Gasteiger partial charge in [-0.15, -0.1) is 0 Å². The van der Waals surface area contributed by atoms with E-state index in [1.54, 1.807) is 0 Å². The van der Waals surface area contributed by atoms with Crippen molar-refractivity contribution in [3.05, 3.63) is 59.5 Å². The largest absolute Gasteiger partial charge is 0.459 e. The molecule has 28 heavy (non-hydrogen) atoms. The second-order valence-electron chi connectivity index (χ2n) is 5.73. The maximum absolute atomic E-state index is 12.5. The van der Waals surface area contributed by atoms with Crippen LogP contribution in [0.1, 0.15) is 21.7 Å². The fourth-order valence-electron chi connectivity index (χ4n) is 2.17. The lowest BCUT2D eigenvalue weighted by Crippen LogP contribution is -2.42. The molecule has 0 bridgehead atoms. The van der Waals surface area contributed by atoms with Crippen molar-refractivity contribution in [2.75, 3.05) is 19.6 Å². The van der Waals surface area contributed by atoms with Crippen molar-refractivity contribution in [2.24, 2.45) is 0 Å². The lowest BCUT2D eigenvalue weighted by Gasteiger charge is -2.09. The minimum atomic E-state index is -4.39. The number of rotatable bonds is 8. The quantitative estimate of drug-likeness (QED) is 0.629. The maximum atomic E-state index is 12.5. The molecular formula is C18H18F3N3O4. The summed E-state index contributed by atoms with van der Waals surface area (Å²) in [5, 5.41) is 7.21. The molecule has 10 heteroatoms. The van der Waals surface area contributed by atoms with Crippen LogP contribution in [0.15, 0.2) is 47.1 Å². The molecule has 0 aliphatic carbocycles. The van der Waals surface area contributed by atoms with Gasteiger partial charge in [0.05, 0.1) is 24.9 Å². The molecule has 3 amide bonds. The highest BCUT2D eigenvalue weighted by Crippen LogP contribution is 2.29. The summed E-state index contributed by atoms with van der Waals surface area (Å²) in [4.78, 5) is 34.8. The molecular weight excluding hydrogens is 379 g/mol. The van der Waals surface area contributed by atoms with Crippen molar-refractivity contribution in [1.29, 1.82) is 0 Å². The summed E-state index contributed by atoms with van der Waals surface area (Å²) in [6.07, 6.45) is -2.72. The lowest BCUT2D eigenvalue weighted by molar-refractivity contribution is -0.137. The third kappa shape index (κ3) is 6.78. The van der Waals surface area contributed by atoms with Crippen LogP contribution in [0.25, 0.3) is 0 Å². The van der Waals surface area contributed by atoms with Crippen molar-refractivity contribution in [2.45, 2.75) is 12.6 Å². The van der Waals surface area contributed by atoms with E-state index in [1.165, 1.54) is 30.5 Å². The third-order valence-electron chi connectivity index (χ3n) is 3.62. The first-order valence-corrected chi connectivity index (χ1v) is 8.27. The Balaban J connectivity index is 1.62. The van der Waals surface area contributed by atoms with Crippen LogP contribution < -0.4 is 16.0 Å². The van der Waals surface area contributed by atoms with Crippen molar-refractivity contribution >= 4 is 17.7 Å².